The highest BCUT2D eigenvalue weighted by Gasteiger charge is 2.10. The number of aromatic nitrogens is 2. The van der Waals surface area contributed by atoms with Gasteiger partial charge in [0.15, 0.2) is 0 Å². The minimum atomic E-state index is -0.176. The van der Waals surface area contributed by atoms with Crippen LogP contribution in [0, 0.1) is 6.92 Å². The van der Waals surface area contributed by atoms with E-state index in [1.807, 2.05) is 43.3 Å². The molecule has 1 amide bonds. The Morgan fingerprint density at radius 1 is 1.30 bits per heavy atom. The molecule has 0 aliphatic rings. The second-order valence-corrected chi connectivity index (χ2v) is 5.31. The summed E-state index contributed by atoms with van der Waals surface area (Å²) in [5, 5.41) is 3.85. The Balaban J connectivity index is 1.86. The summed E-state index contributed by atoms with van der Waals surface area (Å²) in [7, 11) is 0. The lowest BCUT2D eigenvalue weighted by Crippen LogP contribution is -2.12. The largest absolute Gasteiger partial charge is 0.351 e. The molecule has 0 bridgehead atoms. The smallest absolute Gasteiger partial charge is 0.272 e. The Labute approximate surface area is 124 Å². The number of rotatable bonds is 2. The van der Waals surface area contributed by atoms with E-state index in [1.54, 1.807) is 6.20 Å². The molecule has 2 N–H and O–H groups in total. The van der Waals surface area contributed by atoms with Crippen LogP contribution < -0.4 is 5.32 Å². The van der Waals surface area contributed by atoms with E-state index in [9.17, 15) is 4.79 Å². The van der Waals surface area contributed by atoms with Gasteiger partial charge in [-0.05, 0) is 46.6 Å². The summed E-state index contributed by atoms with van der Waals surface area (Å²) in [5.74, 6) is -0.176. The first kappa shape index (κ1) is 12.9. The molecule has 2 heterocycles. The number of hydrogen-bond donors (Lipinski definition) is 2. The summed E-state index contributed by atoms with van der Waals surface area (Å²) in [4.78, 5) is 19.5. The molecule has 0 aliphatic carbocycles. The average molecular weight is 330 g/mol. The summed E-state index contributed by atoms with van der Waals surface area (Å²) in [5.41, 5.74) is 3.13. The Morgan fingerprint density at radius 3 is 2.85 bits per heavy atom. The zero-order valence-electron chi connectivity index (χ0n) is 10.8. The summed E-state index contributed by atoms with van der Waals surface area (Å²) in [6.07, 6.45) is 1.62. The highest BCUT2D eigenvalue weighted by molar-refractivity contribution is 9.10. The molecule has 20 heavy (non-hydrogen) atoms. The van der Waals surface area contributed by atoms with Crippen LogP contribution in [0.2, 0.25) is 0 Å². The number of aryl methyl sites for hydroxylation is 1. The molecule has 100 valence electrons. The van der Waals surface area contributed by atoms with Crippen LogP contribution in [0.15, 0.2) is 47.2 Å². The van der Waals surface area contributed by atoms with Gasteiger partial charge in [-0.3, -0.25) is 4.79 Å². The molecule has 0 fully saturated rings. The topological polar surface area (TPSA) is 57.8 Å². The number of halogens is 1. The van der Waals surface area contributed by atoms with Crippen molar-refractivity contribution in [3.8, 4) is 0 Å². The maximum Gasteiger partial charge on any atom is 0.272 e. The van der Waals surface area contributed by atoms with Crippen molar-refractivity contribution in [2.45, 2.75) is 6.92 Å². The molecule has 0 saturated carbocycles. The van der Waals surface area contributed by atoms with Crippen molar-refractivity contribution in [3.63, 3.8) is 0 Å². The van der Waals surface area contributed by atoms with Gasteiger partial charge in [-0.2, -0.15) is 0 Å². The molecule has 2 aromatic heterocycles. The van der Waals surface area contributed by atoms with Crippen LogP contribution in [-0.2, 0) is 0 Å². The highest BCUT2D eigenvalue weighted by Crippen LogP contribution is 2.19. The van der Waals surface area contributed by atoms with Crippen molar-refractivity contribution in [1.29, 1.82) is 0 Å². The number of fused-ring (bicyclic) bond motifs is 1. The maximum atomic E-state index is 12.2. The predicted octanol–water partition coefficient (Wildman–Crippen LogP) is 3.89. The second kappa shape index (κ2) is 5.09. The Kier molecular flexibility index (Phi) is 3.28. The molecule has 0 saturated heterocycles. The third-order valence-corrected chi connectivity index (χ3v) is 3.88. The molecule has 0 atom stereocenters. The normalized spacial score (nSPS) is 10.7. The van der Waals surface area contributed by atoms with E-state index < -0.39 is 0 Å². The fraction of sp³-hybridized carbons (Fsp3) is 0.0667. The van der Waals surface area contributed by atoms with Crippen LogP contribution in [0.1, 0.15) is 16.1 Å². The lowest BCUT2D eigenvalue weighted by molar-refractivity contribution is 0.102. The van der Waals surface area contributed by atoms with Gasteiger partial charge in [0.1, 0.15) is 10.3 Å². The monoisotopic (exact) mass is 329 g/mol. The molecular formula is C15H12BrN3O. The molecule has 0 spiro atoms. The van der Waals surface area contributed by atoms with Crippen molar-refractivity contribution in [1.82, 2.24) is 9.97 Å². The first-order chi connectivity index (χ1) is 9.63. The molecule has 1 aromatic carbocycles. The summed E-state index contributed by atoms with van der Waals surface area (Å²) in [6.45, 7) is 1.93. The number of nitrogens with zero attached hydrogens (tertiary/aromatic N) is 1. The van der Waals surface area contributed by atoms with E-state index >= 15 is 0 Å². The van der Waals surface area contributed by atoms with Crippen molar-refractivity contribution in [2.24, 2.45) is 0 Å². The van der Waals surface area contributed by atoms with Crippen LogP contribution >= 0.6 is 15.9 Å². The number of nitrogens with one attached hydrogen (secondary N) is 2. The number of anilines is 1. The zero-order valence-corrected chi connectivity index (χ0v) is 12.4. The maximum absolute atomic E-state index is 12.2. The average Bonchev–Trinajstić information content (AvgIpc) is 2.87. The molecule has 4 nitrogen and oxygen atoms in total. The van der Waals surface area contributed by atoms with Crippen molar-refractivity contribution < 1.29 is 4.79 Å². The Hall–Kier alpha value is -2.14. The fourth-order valence-corrected chi connectivity index (χ4v) is 2.24. The first-order valence-corrected chi connectivity index (χ1v) is 6.94. The first-order valence-electron chi connectivity index (χ1n) is 6.15. The van der Waals surface area contributed by atoms with Gasteiger partial charge in [0, 0.05) is 10.9 Å². The standard InChI is InChI=1S/C15H12BrN3O/c1-9-6-11(8-17-14(9)16)18-15(20)13-7-10-4-2-3-5-12(10)19-13/h2-8,19H,1H3,(H,18,20). The van der Waals surface area contributed by atoms with Crippen molar-refractivity contribution >= 4 is 38.4 Å². The van der Waals surface area contributed by atoms with E-state index in [4.69, 9.17) is 0 Å². The summed E-state index contributed by atoms with van der Waals surface area (Å²) in [6, 6.07) is 11.5. The quantitative estimate of drug-likeness (QED) is 0.701. The second-order valence-electron chi connectivity index (χ2n) is 4.56. The number of amides is 1. The lowest BCUT2D eigenvalue weighted by atomic mass is 10.2. The molecule has 3 aromatic rings. The zero-order chi connectivity index (χ0) is 14.1. The number of hydrogen-bond acceptors (Lipinski definition) is 2. The molecule has 0 radical (unpaired) electrons. The SMILES string of the molecule is Cc1cc(NC(=O)c2cc3ccccc3[nH]2)cnc1Br. The van der Waals surface area contributed by atoms with Gasteiger partial charge in [0.05, 0.1) is 11.9 Å². The Morgan fingerprint density at radius 2 is 2.10 bits per heavy atom. The third-order valence-electron chi connectivity index (χ3n) is 3.05. The number of benzene rings is 1. The Bertz CT molecular complexity index is 762. The van der Waals surface area contributed by atoms with E-state index in [0.717, 1.165) is 21.1 Å². The highest BCUT2D eigenvalue weighted by atomic mass is 79.9. The minimum Gasteiger partial charge on any atom is -0.351 e. The van der Waals surface area contributed by atoms with E-state index in [0.29, 0.717) is 11.4 Å². The van der Waals surface area contributed by atoms with Crippen LogP contribution in [0.4, 0.5) is 5.69 Å². The van der Waals surface area contributed by atoms with Crippen LogP contribution in [-0.4, -0.2) is 15.9 Å². The number of pyridine rings is 1. The van der Waals surface area contributed by atoms with E-state index in [1.165, 1.54) is 0 Å². The van der Waals surface area contributed by atoms with Gasteiger partial charge in [-0.15, -0.1) is 0 Å². The number of para-hydroxylation sites is 1. The fourth-order valence-electron chi connectivity index (χ4n) is 2.02. The molecule has 3 rings (SSSR count). The predicted molar refractivity (Wildman–Crippen MR) is 82.9 cm³/mol. The van der Waals surface area contributed by atoms with E-state index in [2.05, 4.69) is 31.2 Å². The van der Waals surface area contributed by atoms with Gasteiger partial charge in [-0.1, -0.05) is 18.2 Å². The van der Waals surface area contributed by atoms with Crippen LogP contribution in [0.5, 0.6) is 0 Å². The van der Waals surface area contributed by atoms with Crippen LogP contribution in [0.3, 0.4) is 0 Å². The molecule has 0 aliphatic heterocycles. The van der Waals surface area contributed by atoms with Gasteiger partial charge >= 0.3 is 0 Å². The minimum absolute atomic E-state index is 0.176. The van der Waals surface area contributed by atoms with Gasteiger partial charge < -0.3 is 10.3 Å². The molecule has 0 unspecified atom stereocenters. The van der Waals surface area contributed by atoms with Gasteiger partial charge in [0.2, 0.25) is 0 Å². The van der Waals surface area contributed by atoms with Crippen LogP contribution in [0.25, 0.3) is 10.9 Å². The number of carbonyl (C=O) groups excluding carboxylic acids is 1. The van der Waals surface area contributed by atoms with Crippen molar-refractivity contribution in [3.05, 3.63) is 58.5 Å². The number of aromatic amines is 1. The number of carbonyl (C=O) groups is 1. The van der Waals surface area contributed by atoms with Gasteiger partial charge in [0.25, 0.3) is 5.91 Å². The molecule has 5 heteroatoms. The lowest BCUT2D eigenvalue weighted by Gasteiger charge is -2.05. The summed E-state index contributed by atoms with van der Waals surface area (Å²) < 4.78 is 0.779. The van der Waals surface area contributed by atoms with Gasteiger partial charge in [-0.25, -0.2) is 4.98 Å². The number of H-pyrrole nitrogens is 1. The van der Waals surface area contributed by atoms with E-state index in [-0.39, 0.29) is 5.91 Å². The summed E-state index contributed by atoms with van der Waals surface area (Å²) >= 11 is 3.33. The third kappa shape index (κ3) is 2.44. The van der Waals surface area contributed by atoms with Crippen molar-refractivity contribution in [2.75, 3.05) is 5.32 Å². The molecular weight excluding hydrogens is 318 g/mol.